The quantitative estimate of drug-likeness (QED) is 0.659. The Labute approximate surface area is 149 Å². The Balaban J connectivity index is 1.62. The van der Waals surface area contributed by atoms with E-state index in [-0.39, 0.29) is 11.8 Å². The van der Waals surface area contributed by atoms with E-state index in [9.17, 15) is 4.79 Å². The Morgan fingerprint density at radius 2 is 2.20 bits per heavy atom. The SMILES string of the molecule is Cc1cc([C@H]2CCCN(C(=O)c3ccnc(Cl)c3)C2)n2ncnc2n1. The number of nitrogens with zero attached hydrogens (tertiary/aromatic N) is 6. The number of halogens is 1. The van der Waals surface area contributed by atoms with Crippen molar-refractivity contribution in [3.63, 3.8) is 0 Å². The number of carbonyl (C=O) groups excluding carboxylic acids is 1. The first kappa shape index (κ1) is 16.0. The Bertz CT molecular complexity index is 940. The lowest BCUT2D eigenvalue weighted by Gasteiger charge is -2.33. The highest BCUT2D eigenvalue weighted by molar-refractivity contribution is 6.29. The smallest absolute Gasteiger partial charge is 0.254 e. The van der Waals surface area contributed by atoms with Gasteiger partial charge in [-0.1, -0.05) is 11.6 Å². The van der Waals surface area contributed by atoms with Crippen LogP contribution in [0, 0.1) is 6.92 Å². The van der Waals surface area contributed by atoms with Crippen LogP contribution in [0.1, 0.15) is 40.5 Å². The molecule has 0 bridgehead atoms. The molecule has 8 heteroatoms. The van der Waals surface area contributed by atoms with Crippen molar-refractivity contribution in [2.24, 2.45) is 0 Å². The Kier molecular flexibility index (Phi) is 4.09. The molecule has 1 saturated heterocycles. The number of carbonyl (C=O) groups is 1. The molecule has 0 radical (unpaired) electrons. The molecule has 128 valence electrons. The van der Waals surface area contributed by atoms with Crippen molar-refractivity contribution in [1.82, 2.24) is 29.5 Å². The lowest BCUT2D eigenvalue weighted by atomic mass is 9.93. The first-order chi connectivity index (χ1) is 12.1. The van der Waals surface area contributed by atoms with E-state index in [2.05, 4.69) is 20.1 Å². The maximum absolute atomic E-state index is 12.8. The van der Waals surface area contributed by atoms with Gasteiger partial charge in [0, 0.05) is 36.5 Å². The van der Waals surface area contributed by atoms with Gasteiger partial charge in [-0.15, -0.1) is 0 Å². The predicted octanol–water partition coefficient (Wildman–Crippen LogP) is 2.50. The largest absolute Gasteiger partial charge is 0.338 e. The molecule has 3 aromatic rings. The Morgan fingerprint density at radius 1 is 1.32 bits per heavy atom. The van der Waals surface area contributed by atoms with Crippen LogP contribution in [0.4, 0.5) is 0 Å². The first-order valence-electron chi connectivity index (χ1n) is 8.20. The average Bonchev–Trinajstić information content (AvgIpc) is 3.08. The normalized spacial score (nSPS) is 17.8. The van der Waals surface area contributed by atoms with Gasteiger partial charge in [0.25, 0.3) is 11.7 Å². The molecule has 1 atom stereocenters. The molecular formula is C17H17ClN6O. The van der Waals surface area contributed by atoms with Gasteiger partial charge in [-0.2, -0.15) is 10.1 Å². The number of hydrogen-bond donors (Lipinski definition) is 0. The van der Waals surface area contributed by atoms with E-state index in [1.54, 1.807) is 22.8 Å². The van der Waals surface area contributed by atoms with Crippen molar-refractivity contribution >= 4 is 23.3 Å². The van der Waals surface area contributed by atoms with Crippen LogP contribution in [0.15, 0.2) is 30.7 Å². The van der Waals surface area contributed by atoms with Crippen molar-refractivity contribution < 1.29 is 4.79 Å². The summed E-state index contributed by atoms with van der Waals surface area (Å²) in [5.41, 5.74) is 2.52. The second kappa shape index (κ2) is 6.40. The fraction of sp³-hybridized carbons (Fsp3) is 0.353. The lowest BCUT2D eigenvalue weighted by Crippen LogP contribution is -2.39. The zero-order valence-electron chi connectivity index (χ0n) is 13.8. The number of piperidine rings is 1. The third-order valence-electron chi connectivity index (χ3n) is 4.51. The van der Waals surface area contributed by atoms with Crippen LogP contribution in [0.25, 0.3) is 5.78 Å². The maximum atomic E-state index is 12.8. The molecule has 3 aromatic heterocycles. The molecule has 0 aromatic carbocycles. The van der Waals surface area contributed by atoms with Gasteiger partial charge in [-0.25, -0.2) is 14.5 Å². The number of amides is 1. The van der Waals surface area contributed by atoms with Gasteiger partial charge >= 0.3 is 0 Å². The van der Waals surface area contributed by atoms with E-state index in [0.29, 0.717) is 23.0 Å². The van der Waals surface area contributed by atoms with Crippen LogP contribution in [-0.2, 0) is 0 Å². The average molecular weight is 357 g/mol. The highest BCUT2D eigenvalue weighted by Gasteiger charge is 2.27. The van der Waals surface area contributed by atoms with Crippen LogP contribution < -0.4 is 0 Å². The van der Waals surface area contributed by atoms with E-state index in [4.69, 9.17) is 11.6 Å². The summed E-state index contributed by atoms with van der Waals surface area (Å²) < 4.78 is 1.77. The molecule has 1 aliphatic heterocycles. The summed E-state index contributed by atoms with van der Waals surface area (Å²) in [6.45, 7) is 3.32. The van der Waals surface area contributed by atoms with E-state index >= 15 is 0 Å². The molecule has 1 aliphatic rings. The van der Waals surface area contributed by atoms with E-state index < -0.39 is 0 Å². The number of pyridine rings is 1. The Morgan fingerprint density at radius 3 is 3.04 bits per heavy atom. The minimum Gasteiger partial charge on any atom is -0.338 e. The topological polar surface area (TPSA) is 76.3 Å². The van der Waals surface area contributed by atoms with Crippen molar-refractivity contribution in [1.29, 1.82) is 0 Å². The molecule has 0 aliphatic carbocycles. The summed E-state index contributed by atoms with van der Waals surface area (Å²) in [7, 11) is 0. The van der Waals surface area contributed by atoms with Crippen LogP contribution in [-0.4, -0.2) is 48.5 Å². The maximum Gasteiger partial charge on any atom is 0.254 e. The summed E-state index contributed by atoms with van der Waals surface area (Å²) in [6, 6.07) is 5.34. The van der Waals surface area contributed by atoms with Crippen LogP contribution in [0.5, 0.6) is 0 Å². The van der Waals surface area contributed by atoms with Gasteiger partial charge in [-0.3, -0.25) is 4.79 Å². The zero-order valence-corrected chi connectivity index (χ0v) is 14.5. The highest BCUT2D eigenvalue weighted by Crippen LogP contribution is 2.28. The number of hydrogen-bond acceptors (Lipinski definition) is 5. The standard InChI is InChI=1S/C17H17ClN6O/c1-11-7-14(24-17(22-11)20-10-21-24)13-3-2-6-23(9-13)16(25)12-4-5-19-15(18)8-12/h4-5,7-8,10,13H,2-3,6,9H2,1H3/t13-/m0/s1. The predicted molar refractivity (Wildman–Crippen MR) is 92.6 cm³/mol. The van der Waals surface area contributed by atoms with Gasteiger partial charge in [0.15, 0.2) is 0 Å². The number of aromatic nitrogens is 5. The lowest BCUT2D eigenvalue weighted by molar-refractivity contribution is 0.0705. The van der Waals surface area contributed by atoms with Crippen LogP contribution in [0.2, 0.25) is 5.15 Å². The monoisotopic (exact) mass is 356 g/mol. The highest BCUT2D eigenvalue weighted by atomic mass is 35.5. The number of aryl methyl sites for hydroxylation is 1. The molecule has 7 nitrogen and oxygen atoms in total. The minimum atomic E-state index is -0.0189. The molecule has 0 N–H and O–H groups in total. The number of fused-ring (bicyclic) bond motifs is 1. The number of likely N-dealkylation sites (tertiary alicyclic amines) is 1. The van der Waals surface area contributed by atoms with Crippen molar-refractivity contribution in [3.05, 3.63) is 52.8 Å². The second-order valence-corrected chi connectivity index (χ2v) is 6.64. The fourth-order valence-electron chi connectivity index (χ4n) is 3.37. The van der Waals surface area contributed by atoms with Gasteiger partial charge < -0.3 is 4.90 Å². The molecular weight excluding hydrogens is 340 g/mol. The van der Waals surface area contributed by atoms with Crippen LogP contribution in [0.3, 0.4) is 0 Å². The molecule has 25 heavy (non-hydrogen) atoms. The zero-order chi connectivity index (χ0) is 17.4. The van der Waals surface area contributed by atoms with Gasteiger partial charge in [0.2, 0.25) is 0 Å². The van der Waals surface area contributed by atoms with Crippen molar-refractivity contribution in [2.75, 3.05) is 13.1 Å². The molecule has 4 rings (SSSR count). The first-order valence-corrected chi connectivity index (χ1v) is 8.58. The minimum absolute atomic E-state index is 0.0189. The van der Waals surface area contributed by atoms with E-state index in [1.165, 1.54) is 6.33 Å². The van der Waals surface area contributed by atoms with Crippen molar-refractivity contribution in [3.8, 4) is 0 Å². The van der Waals surface area contributed by atoms with Gasteiger partial charge in [0.05, 0.1) is 5.69 Å². The van der Waals surface area contributed by atoms with Crippen LogP contribution >= 0.6 is 11.6 Å². The molecule has 1 amide bonds. The summed E-state index contributed by atoms with van der Waals surface area (Å²) >= 11 is 5.92. The fourth-order valence-corrected chi connectivity index (χ4v) is 3.54. The summed E-state index contributed by atoms with van der Waals surface area (Å²) in [5, 5.41) is 4.62. The Hall–Kier alpha value is -2.54. The second-order valence-electron chi connectivity index (χ2n) is 6.25. The van der Waals surface area contributed by atoms with Gasteiger partial charge in [-0.05, 0) is 38.0 Å². The van der Waals surface area contributed by atoms with Gasteiger partial charge in [0.1, 0.15) is 11.5 Å². The third-order valence-corrected chi connectivity index (χ3v) is 4.71. The van der Waals surface area contributed by atoms with E-state index in [1.807, 2.05) is 17.9 Å². The molecule has 1 fully saturated rings. The molecule has 0 unspecified atom stereocenters. The molecule has 0 saturated carbocycles. The third kappa shape index (κ3) is 3.07. The molecule has 0 spiro atoms. The summed E-state index contributed by atoms with van der Waals surface area (Å²) in [6.07, 6.45) is 5.00. The summed E-state index contributed by atoms with van der Waals surface area (Å²) in [4.78, 5) is 27.2. The summed E-state index contributed by atoms with van der Waals surface area (Å²) in [5.74, 6) is 0.773. The number of rotatable bonds is 2. The van der Waals surface area contributed by atoms with E-state index in [0.717, 1.165) is 30.8 Å². The molecule has 4 heterocycles. The van der Waals surface area contributed by atoms with Crippen molar-refractivity contribution in [2.45, 2.75) is 25.7 Å².